The molecular formula is C12H12FNO2. The molecule has 2 rings (SSSR count). The lowest BCUT2D eigenvalue weighted by Crippen LogP contribution is -1.96. The molecule has 84 valence electrons. The molecule has 16 heavy (non-hydrogen) atoms. The molecule has 1 aromatic carbocycles. The average molecular weight is 221 g/mol. The number of furan rings is 1. The van der Waals surface area contributed by atoms with Crippen LogP contribution in [0.2, 0.25) is 0 Å². The summed E-state index contributed by atoms with van der Waals surface area (Å²) in [6, 6.07) is 8.07. The Balaban J connectivity index is 1.99. The molecule has 0 atom stereocenters. The summed E-state index contributed by atoms with van der Waals surface area (Å²) in [6.07, 6.45) is 1.56. The molecule has 0 bridgehead atoms. The van der Waals surface area contributed by atoms with Crippen molar-refractivity contribution in [2.24, 2.45) is 5.73 Å². The Kier molecular flexibility index (Phi) is 3.22. The third-order valence-corrected chi connectivity index (χ3v) is 2.14. The van der Waals surface area contributed by atoms with Crippen molar-refractivity contribution in [2.45, 2.75) is 13.2 Å². The highest BCUT2D eigenvalue weighted by atomic mass is 19.1. The number of rotatable bonds is 4. The van der Waals surface area contributed by atoms with Gasteiger partial charge in [-0.15, -0.1) is 0 Å². The second-order valence-corrected chi connectivity index (χ2v) is 3.34. The van der Waals surface area contributed by atoms with Crippen molar-refractivity contribution in [3.05, 3.63) is 53.7 Å². The standard InChI is InChI=1S/C12H12FNO2/c13-11-3-1-2-4-12(11)16-8-9-5-10(6-14)15-7-9/h1-5,7H,6,8,14H2. The molecule has 1 heterocycles. The molecule has 2 N–H and O–H groups in total. The van der Waals surface area contributed by atoms with Gasteiger partial charge in [-0.3, -0.25) is 0 Å². The van der Waals surface area contributed by atoms with Gasteiger partial charge in [0.05, 0.1) is 12.8 Å². The molecule has 0 amide bonds. The normalized spacial score (nSPS) is 10.4. The van der Waals surface area contributed by atoms with E-state index in [2.05, 4.69) is 0 Å². The van der Waals surface area contributed by atoms with Crippen LogP contribution < -0.4 is 10.5 Å². The fourth-order valence-corrected chi connectivity index (χ4v) is 1.33. The van der Waals surface area contributed by atoms with Gasteiger partial charge in [0.15, 0.2) is 11.6 Å². The zero-order valence-corrected chi connectivity index (χ0v) is 8.65. The summed E-state index contributed by atoms with van der Waals surface area (Å²) < 4.78 is 23.6. The van der Waals surface area contributed by atoms with E-state index in [1.807, 2.05) is 0 Å². The van der Waals surface area contributed by atoms with E-state index < -0.39 is 0 Å². The highest BCUT2D eigenvalue weighted by Crippen LogP contribution is 2.17. The topological polar surface area (TPSA) is 48.4 Å². The van der Waals surface area contributed by atoms with Gasteiger partial charge in [-0.1, -0.05) is 12.1 Å². The van der Waals surface area contributed by atoms with Crippen LogP contribution >= 0.6 is 0 Å². The Morgan fingerprint density at radius 2 is 2.12 bits per heavy atom. The van der Waals surface area contributed by atoms with E-state index in [9.17, 15) is 4.39 Å². The monoisotopic (exact) mass is 221 g/mol. The summed E-state index contributed by atoms with van der Waals surface area (Å²) >= 11 is 0. The summed E-state index contributed by atoms with van der Waals surface area (Å²) in [5.41, 5.74) is 6.24. The Morgan fingerprint density at radius 3 is 2.81 bits per heavy atom. The number of halogens is 1. The summed E-state index contributed by atoms with van der Waals surface area (Å²) in [4.78, 5) is 0. The van der Waals surface area contributed by atoms with E-state index in [1.165, 1.54) is 6.07 Å². The lowest BCUT2D eigenvalue weighted by molar-refractivity contribution is 0.289. The number of hydrogen-bond donors (Lipinski definition) is 1. The highest BCUT2D eigenvalue weighted by Gasteiger charge is 2.04. The first kappa shape index (κ1) is 10.7. The van der Waals surface area contributed by atoms with Crippen LogP contribution in [-0.4, -0.2) is 0 Å². The summed E-state index contributed by atoms with van der Waals surface area (Å²) in [5, 5.41) is 0. The van der Waals surface area contributed by atoms with Gasteiger partial charge in [0.1, 0.15) is 12.4 Å². The zero-order chi connectivity index (χ0) is 11.4. The van der Waals surface area contributed by atoms with Gasteiger partial charge >= 0.3 is 0 Å². The van der Waals surface area contributed by atoms with Gasteiger partial charge in [0, 0.05) is 5.56 Å². The van der Waals surface area contributed by atoms with Crippen LogP contribution in [0.4, 0.5) is 4.39 Å². The molecule has 0 aliphatic carbocycles. The predicted molar refractivity (Wildman–Crippen MR) is 57.3 cm³/mol. The first-order valence-corrected chi connectivity index (χ1v) is 4.93. The fraction of sp³-hybridized carbons (Fsp3) is 0.167. The van der Waals surface area contributed by atoms with Crippen LogP contribution in [0.15, 0.2) is 41.0 Å². The first-order chi connectivity index (χ1) is 7.79. The Bertz CT molecular complexity index is 468. The Morgan fingerprint density at radius 1 is 1.31 bits per heavy atom. The SMILES string of the molecule is NCc1cc(COc2ccccc2F)co1. The van der Waals surface area contributed by atoms with Crippen LogP contribution in [0.3, 0.4) is 0 Å². The van der Waals surface area contributed by atoms with Crippen molar-refractivity contribution < 1.29 is 13.5 Å². The molecule has 0 fully saturated rings. The lowest BCUT2D eigenvalue weighted by atomic mass is 10.3. The maximum absolute atomic E-state index is 13.2. The van der Waals surface area contributed by atoms with E-state index in [0.717, 1.165) is 5.56 Å². The van der Waals surface area contributed by atoms with Crippen molar-refractivity contribution in [1.82, 2.24) is 0 Å². The average Bonchev–Trinajstić information content (AvgIpc) is 2.76. The van der Waals surface area contributed by atoms with Crippen molar-refractivity contribution in [1.29, 1.82) is 0 Å². The lowest BCUT2D eigenvalue weighted by Gasteiger charge is -2.04. The number of para-hydroxylation sites is 1. The molecule has 0 saturated carbocycles. The molecular weight excluding hydrogens is 209 g/mol. The van der Waals surface area contributed by atoms with Gasteiger partial charge in [-0.25, -0.2) is 4.39 Å². The van der Waals surface area contributed by atoms with Crippen molar-refractivity contribution in [2.75, 3.05) is 0 Å². The summed E-state index contributed by atoms with van der Waals surface area (Å²) in [6.45, 7) is 0.615. The minimum Gasteiger partial charge on any atom is -0.486 e. The van der Waals surface area contributed by atoms with E-state index in [-0.39, 0.29) is 18.2 Å². The molecule has 1 aromatic heterocycles. The first-order valence-electron chi connectivity index (χ1n) is 4.93. The van der Waals surface area contributed by atoms with E-state index >= 15 is 0 Å². The summed E-state index contributed by atoms with van der Waals surface area (Å²) in [5.74, 6) is 0.551. The molecule has 0 spiro atoms. The molecule has 0 aliphatic heterocycles. The largest absolute Gasteiger partial charge is 0.486 e. The number of nitrogens with two attached hydrogens (primary N) is 1. The zero-order valence-electron chi connectivity index (χ0n) is 8.65. The molecule has 0 saturated heterocycles. The number of ether oxygens (including phenoxy) is 1. The Hall–Kier alpha value is -1.81. The quantitative estimate of drug-likeness (QED) is 0.862. The molecule has 3 nitrogen and oxygen atoms in total. The summed E-state index contributed by atoms with van der Waals surface area (Å²) in [7, 11) is 0. The fourth-order valence-electron chi connectivity index (χ4n) is 1.33. The van der Waals surface area contributed by atoms with Gasteiger partial charge in [-0.2, -0.15) is 0 Å². The maximum atomic E-state index is 13.2. The third kappa shape index (κ3) is 2.41. The predicted octanol–water partition coefficient (Wildman–Crippen LogP) is 2.46. The molecule has 0 radical (unpaired) electrons. The second kappa shape index (κ2) is 4.81. The Labute approximate surface area is 92.6 Å². The van der Waals surface area contributed by atoms with Crippen LogP contribution in [-0.2, 0) is 13.2 Å². The van der Waals surface area contributed by atoms with Crippen molar-refractivity contribution >= 4 is 0 Å². The number of benzene rings is 1. The second-order valence-electron chi connectivity index (χ2n) is 3.34. The van der Waals surface area contributed by atoms with Crippen LogP contribution in [0.25, 0.3) is 0 Å². The molecule has 0 aliphatic rings. The molecule has 4 heteroatoms. The van der Waals surface area contributed by atoms with Crippen LogP contribution in [0, 0.1) is 5.82 Å². The molecule has 0 unspecified atom stereocenters. The number of hydrogen-bond acceptors (Lipinski definition) is 3. The van der Waals surface area contributed by atoms with E-state index in [4.69, 9.17) is 14.9 Å². The van der Waals surface area contributed by atoms with Crippen LogP contribution in [0.1, 0.15) is 11.3 Å². The van der Waals surface area contributed by atoms with Crippen molar-refractivity contribution in [3.8, 4) is 5.75 Å². The van der Waals surface area contributed by atoms with Crippen molar-refractivity contribution in [3.63, 3.8) is 0 Å². The van der Waals surface area contributed by atoms with E-state index in [0.29, 0.717) is 12.3 Å². The van der Waals surface area contributed by atoms with Gasteiger partial charge in [0.25, 0.3) is 0 Å². The maximum Gasteiger partial charge on any atom is 0.165 e. The smallest absolute Gasteiger partial charge is 0.165 e. The van der Waals surface area contributed by atoms with Gasteiger partial charge < -0.3 is 14.9 Å². The minimum absolute atomic E-state index is 0.234. The molecule has 2 aromatic rings. The van der Waals surface area contributed by atoms with E-state index in [1.54, 1.807) is 30.5 Å². The van der Waals surface area contributed by atoms with Crippen LogP contribution in [0.5, 0.6) is 5.75 Å². The van der Waals surface area contributed by atoms with Gasteiger partial charge in [-0.05, 0) is 18.2 Å². The minimum atomic E-state index is -0.370. The highest BCUT2D eigenvalue weighted by molar-refractivity contribution is 5.24. The third-order valence-electron chi connectivity index (χ3n) is 2.14. The van der Waals surface area contributed by atoms with Gasteiger partial charge in [0.2, 0.25) is 0 Å².